The molecule has 1 aliphatic rings. The van der Waals surface area contributed by atoms with Crippen molar-refractivity contribution in [2.45, 2.75) is 25.7 Å². The highest BCUT2D eigenvalue weighted by Gasteiger charge is 2.29. The average molecular weight is 326 g/mol. The Morgan fingerprint density at radius 3 is 2.26 bits per heavy atom. The predicted molar refractivity (Wildman–Crippen MR) is 72.1 cm³/mol. The van der Waals surface area contributed by atoms with Gasteiger partial charge in [0, 0.05) is 17.3 Å². The fourth-order valence-electron chi connectivity index (χ4n) is 2.06. The lowest BCUT2D eigenvalue weighted by Crippen LogP contribution is -2.36. The zero-order chi connectivity index (χ0) is 14.0. The van der Waals surface area contributed by atoms with Gasteiger partial charge in [0.15, 0.2) is 0 Å². The topological polar surface area (TPSA) is 74.7 Å². The number of halogens is 1. The van der Waals surface area contributed by atoms with Crippen LogP contribution in [0.5, 0.6) is 0 Å². The van der Waals surface area contributed by atoms with Crippen molar-refractivity contribution in [2.24, 2.45) is 0 Å². The third-order valence-corrected chi connectivity index (χ3v) is 3.45. The normalized spacial score (nSPS) is 16.4. The smallest absolute Gasteiger partial charge is 0.337 e. The van der Waals surface area contributed by atoms with Crippen LogP contribution in [0.3, 0.4) is 0 Å². The average Bonchev–Trinajstić information content (AvgIpc) is 2.51. The Morgan fingerprint density at radius 1 is 1.16 bits per heavy atom. The summed E-state index contributed by atoms with van der Waals surface area (Å²) in [4.78, 5) is 36.2. The van der Waals surface area contributed by atoms with E-state index in [0.29, 0.717) is 17.3 Å². The SMILES string of the molecule is O=C(O)c1cc(Br)ccc1N1C(=O)CCCCC1=O. The zero-order valence-corrected chi connectivity index (χ0v) is 11.6. The van der Waals surface area contributed by atoms with Crippen LogP contribution in [0.25, 0.3) is 0 Å². The maximum absolute atomic E-state index is 12.0. The highest BCUT2D eigenvalue weighted by molar-refractivity contribution is 9.10. The minimum Gasteiger partial charge on any atom is -0.478 e. The molecule has 1 aliphatic heterocycles. The van der Waals surface area contributed by atoms with E-state index in [1.54, 1.807) is 6.07 Å². The Hall–Kier alpha value is -1.69. The summed E-state index contributed by atoms with van der Waals surface area (Å²) < 4.78 is 0.586. The Kier molecular flexibility index (Phi) is 3.99. The van der Waals surface area contributed by atoms with E-state index in [-0.39, 0.29) is 35.9 Å². The van der Waals surface area contributed by atoms with Crippen molar-refractivity contribution in [3.05, 3.63) is 28.2 Å². The van der Waals surface area contributed by atoms with Gasteiger partial charge in [-0.3, -0.25) is 9.59 Å². The van der Waals surface area contributed by atoms with Gasteiger partial charge in [0.05, 0.1) is 11.3 Å². The van der Waals surface area contributed by atoms with Gasteiger partial charge in [-0.25, -0.2) is 9.69 Å². The summed E-state index contributed by atoms with van der Waals surface area (Å²) in [6.45, 7) is 0. The molecular weight excluding hydrogens is 314 g/mol. The van der Waals surface area contributed by atoms with Crippen LogP contribution >= 0.6 is 15.9 Å². The zero-order valence-electron chi connectivity index (χ0n) is 10.1. The van der Waals surface area contributed by atoms with Crippen molar-refractivity contribution in [3.63, 3.8) is 0 Å². The highest BCUT2D eigenvalue weighted by Crippen LogP contribution is 2.28. The third kappa shape index (κ3) is 2.84. The molecule has 0 bridgehead atoms. The lowest BCUT2D eigenvalue weighted by atomic mass is 10.1. The number of amides is 2. The number of carboxylic acid groups (broad SMARTS) is 1. The first-order chi connectivity index (χ1) is 9.00. The van der Waals surface area contributed by atoms with Crippen LogP contribution in [0.1, 0.15) is 36.0 Å². The molecule has 0 atom stereocenters. The Bertz CT molecular complexity index is 538. The molecule has 0 radical (unpaired) electrons. The number of carboxylic acids is 1. The Balaban J connectivity index is 2.52. The Morgan fingerprint density at radius 2 is 1.74 bits per heavy atom. The van der Waals surface area contributed by atoms with E-state index in [9.17, 15) is 19.5 Å². The number of benzene rings is 1. The van der Waals surface area contributed by atoms with Gasteiger partial charge in [0.25, 0.3) is 0 Å². The summed E-state index contributed by atoms with van der Waals surface area (Å²) in [5, 5.41) is 9.19. The van der Waals surface area contributed by atoms with Gasteiger partial charge in [-0.05, 0) is 31.0 Å². The van der Waals surface area contributed by atoms with Crippen molar-refractivity contribution in [2.75, 3.05) is 4.90 Å². The van der Waals surface area contributed by atoms with E-state index in [1.807, 2.05) is 0 Å². The van der Waals surface area contributed by atoms with E-state index in [0.717, 1.165) is 4.90 Å². The minimum absolute atomic E-state index is 0.0574. The maximum Gasteiger partial charge on any atom is 0.337 e. The second-order valence-electron chi connectivity index (χ2n) is 4.30. The lowest BCUT2D eigenvalue weighted by Gasteiger charge is -2.20. The molecule has 6 heteroatoms. The number of hydrogen-bond donors (Lipinski definition) is 1. The molecule has 0 aliphatic carbocycles. The highest BCUT2D eigenvalue weighted by atomic mass is 79.9. The predicted octanol–water partition coefficient (Wildman–Crippen LogP) is 2.58. The van der Waals surface area contributed by atoms with Crippen LogP contribution < -0.4 is 4.90 Å². The van der Waals surface area contributed by atoms with Gasteiger partial charge in [-0.1, -0.05) is 15.9 Å². The molecule has 2 rings (SSSR count). The van der Waals surface area contributed by atoms with E-state index < -0.39 is 5.97 Å². The molecule has 1 saturated heterocycles. The van der Waals surface area contributed by atoms with Crippen LogP contribution in [-0.2, 0) is 9.59 Å². The number of rotatable bonds is 2. The fourth-order valence-corrected chi connectivity index (χ4v) is 2.42. The standard InChI is InChI=1S/C13H12BrNO4/c14-8-5-6-10(9(7-8)13(18)19)15-11(16)3-1-2-4-12(15)17/h5-7H,1-4H2,(H,18,19). The van der Waals surface area contributed by atoms with Gasteiger partial charge < -0.3 is 5.11 Å². The molecule has 1 aromatic carbocycles. The summed E-state index contributed by atoms with van der Waals surface area (Å²) >= 11 is 3.18. The number of aromatic carboxylic acids is 1. The molecule has 1 heterocycles. The van der Waals surface area contributed by atoms with Crippen molar-refractivity contribution < 1.29 is 19.5 Å². The van der Waals surface area contributed by atoms with Crippen LogP contribution in [0.4, 0.5) is 5.69 Å². The van der Waals surface area contributed by atoms with E-state index in [4.69, 9.17) is 0 Å². The largest absolute Gasteiger partial charge is 0.478 e. The van der Waals surface area contributed by atoms with Gasteiger partial charge in [-0.2, -0.15) is 0 Å². The van der Waals surface area contributed by atoms with E-state index in [2.05, 4.69) is 15.9 Å². The molecule has 1 N–H and O–H groups in total. The summed E-state index contributed by atoms with van der Waals surface area (Å²) in [6.07, 6.45) is 1.84. The molecule has 0 saturated carbocycles. The third-order valence-electron chi connectivity index (χ3n) is 2.96. The second kappa shape index (κ2) is 5.52. The van der Waals surface area contributed by atoms with Crippen LogP contribution in [0, 0.1) is 0 Å². The fraction of sp³-hybridized carbons (Fsp3) is 0.308. The molecule has 1 aromatic rings. The quantitative estimate of drug-likeness (QED) is 0.848. The number of carbonyl (C=O) groups is 3. The summed E-state index contributed by atoms with van der Waals surface area (Å²) in [6, 6.07) is 4.49. The summed E-state index contributed by atoms with van der Waals surface area (Å²) in [7, 11) is 0. The summed E-state index contributed by atoms with van der Waals surface area (Å²) in [5.41, 5.74) is 0.0885. The number of hydrogen-bond acceptors (Lipinski definition) is 3. The van der Waals surface area contributed by atoms with Crippen molar-refractivity contribution in [3.8, 4) is 0 Å². The first-order valence-electron chi connectivity index (χ1n) is 5.89. The van der Waals surface area contributed by atoms with E-state index >= 15 is 0 Å². The maximum atomic E-state index is 12.0. The molecule has 1 fully saturated rings. The molecule has 0 unspecified atom stereocenters. The van der Waals surface area contributed by atoms with Crippen LogP contribution in [-0.4, -0.2) is 22.9 Å². The first-order valence-corrected chi connectivity index (χ1v) is 6.68. The Labute approximate surface area is 118 Å². The molecule has 19 heavy (non-hydrogen) atoms. The monoisotopic (exact) mass is 325 g/mol. The van der Waals surface area contributed by atoms with Crippen LogP contribution in [0.15, 0.2) is 22.7 Å². The molecule has 0 aromatic heterocycles. The van der Waals surface area contributed by atoms with Crippen LogP contribution in [0.2, 0.25) is 0 Å². The molecule has 5 nitrogen and oxygen atoms in total. The van der Waals surface area contributed by atoms with E-state index in [1.165, 1.54) is 12.1 Å². The van der Waals surface area contributed by atoms with Gasteiger partial charge >= 0.3 is 5.97 Å². The van der Waals surface area contributed by atoms with Gasteiger partial charge in [0.2, 0.25) is 11.8 Å². The number of anilines is 1. The molecule has 100 valence electrons. The number of carbonyl (C=O) groups excluding carboxylic acids is 2. The minimum atomic E-state index is -1.17. The number of imide groups is 1. The number of nitrogens with zero attached hydrogens (tertiary/aromatic N) is 1. The van der Waals surface area contributed by atoms with Gasteiger partial charge in [-0.15, -0.1) is 0 Å². The lowest BCUT2D eigenvalue weighted by molar-refractivity contribution is -0.125. The molecule has 0 spiro atoms. The first kappa shape index (κ1) is 13.7. The second-order valence-corrected chi connectivity index (χ2v) is 5.21. The summed E-state index contributed by atoms with van der Waals surface area (Å²) in [5.74, 6) is -1.85. The van der Waals surface area contributed by atoms with Gasteiger partial charge in [0.1, 0.15) is 0 Å². The van der Waals surface area contributed by atoms with Crippen molar-refractivity contribution in [1.29, 1.82) is 0 Å². The molecular formula is C13H12BrNO4. The van der Waals surface area contributed by atoms with Crippen molar-refractivity contribution >= 4 is 39.4 Å². The van der Waals surface area contributed by atoms with Crippen molar-refractivity contribution in [1.82, 2.24) is 0 Å². The molecule has 2 amide bonds.